The largest absolute Gasteiger partial charge is 0.450 e. The molecule has 0 radical (unpaired) electrons. The summed E-state index contributed by atoms with van der Waals surface area (Å²) in [6.07, 6.45) is 6.39. The molecule has 0 aliphatic carbocycles. The maximum absolute atomic E-state index is 12.2. The monoisotopic (exact) mass is 273 g/mol. The Morgan fingerprint density at radius 1 is 1.35 bits per heavy atom. The van der Waals surface area contributed by atoms with E-state index in [-0.39, 0.29) is 18.0 Å². The van der Waals surface area contributed by atoms with E-state index in [4.69, 9.17) is 4.74 Å². The average Bonchev–Trinajstić information content (AvgIpc) is 2.81. The van der Waals surface area contributed by atoms with Gasteiger partial charge in [0.15, 0.2) is 6.10 Å². The fraction of sp³-hybridized carbons (Fsp3) is 0.400. The predicted octanol–water partition coefficient (Wildman–Crippen LogP) is 2.68. The first-order valence-electron chi connectivity index (χ1n) is 6.59. The van der Waals surface area contributed by atoms with E-state index in [1.54, 1.807) is 18.5 Å². The Kier molecular flexibility index (Phi) is 4.17. The summed E-state index contributed by atoms with van der Waals surface area (Å²) in [5, 5.41) is 0. The van der Waals surface area contributed by atoms with Gasteiger partial charge in [0, 0.05) is 31.8 Å². The van der Waals surface area contributed by atoms with Crippen molar-refractivity contribution in [3.05, 3.63) is 47.8 Å². The summed E-state index contributed by atoms with van der Waals surface area (Å²) in [4.78, 5) is 20.5. The van der Waals surface area contributed by atoms with Gasteiger partial charge < -0.3 is 9.30 Å². The molecule has 0 amide bonds. The van der Waals surface area contributed by atoms with Gasteiger partial charge in [-0.1, -0.05) is 13.8 Å². The number of aromatic nitrogens is 3. The molecule has 20 heavy (non-hydrogen) atoms. The summed E-state index contributed by atoms with van der Waals surface area (Å²) in [5.41, 5.74) is 1.39. The second-order valence-corrected chi connectivity index (χ2v) is 5.22. The Bertz CT molecular complexity index is 605. The van der Waals surface area contributed by atoms with Crippen LogP contribution in [-0.2, 0) is 11.8 Å². The molecule has 0 aliphatic heterocycles. The summed E-state index contributed by atoms with van der Waals surface area (Å²) in [7, 11) is 1.89. The highest BCUT2D eigenvalue weighted by atomic mass is 16.5. The van der Waals surface area contributed by atoms with E-state index < -0.39 is 0 Å². The number of esters is 1. The lowest BCUT2D eigenvalue weighted by atomic mass is 10.1. The summed E-state index contributed by atoms with van der Waals surface area (Å²) in [6, 6.07) is 1.77. The number of hydrogen-bond acceptors (Lipinski definition) is 4. The van der Waals surface area contributed by atoms with Gasteiger partial charge in [0.1, 0.15) is 5.82 Å². The maximum Gasteiger partial charge on any atom is 0.340 e. The lowest BCUT2D eigenvalue weighted by Crippen LogP contribution is -2.19. The van der Waals surface area contributed by atoms with E-state index in [1.807, 2.05) is 38.6 Å². The van der Waals surface area contributed by atoms with Crippen molar-refractivity contribution < 1.29 is 9.53 Å². The number of carbonyl (C=O) groups is 1. The molecule has 2 aromatic rings. The minimum atomic E-state index is -0.372. The Hall–Kier alpha value is -2.17. The van der Waals surface area contributed by atoms with Crippen molar-refractivity contribution in [2.75, 3.05) is 0 Å². The molecule has 2 aromatic heterocycles. The number of imidazole rings is 1. The van der Waals surface area contributed by atoms with E-state index in [9.17, 15) is 4.79 Å². The minimum absolute atomic E-state index is 0.137. The van der Waals surface area contributed by atoms with Crippen molar-refractivity contribution in [2.24, 2.45) is 13.0 Å². The van der Waals surface area contributed by atoms with Crippen molar-refractivity contribution in [3.63, 3.8) is 0 Å². The van der Waals surface area contributed by atoms with Crippen molar-refractivity contribution in [1.29, 1.82) is 0 Å². The molecular formula is C15H19N3O2. The highest BCUT2D eigenvalue weighted by Crippen LogP contribution is 2.25. The summed E-state index contributed by atoms with van der Waals surface area (Å²) in [5.74, 6) is 0.509. The van der Waals surface area contributed by atoms with Crippen LogP contribution in [0, 0.1) is 12.8 Å². The zero-order valence-corrected chi connectivity index (χ0v) is 12.2. The zero-order chi connectivity index (χ0) is 14.7. The number of aryl methyl sites for hydroxylation is 2. The Morgan fingerprint density at radius 2 is 2.10 bits per heavy atom. The molecule has 0 saturated heterocycles. The summed E-state index contributed by atoms with van der Waals surface area (Å²) >= 11 is 0. The third-order valence-electron chi connectivity index (χ3n) is 3.06. The molecule has 0 fully saturated rings. The standard InChI is InChI=1S/C15H19N3O2/c1-10(2)13(14-17-5-6-18(14)4)20-15(19)12-7-11(3)8-16-9-12/h5-10,13H,1-4H3/t13-/m0/s1. The molecule has 2 rings (SSSR count). The molecule has 5 heteroatoms. The van der Waals surface area contributed by atoms with Gasteiger partial charge in [-0.05, 0) is 24.5 Å². The molecule has 106 valence electrons. The van der Waals surface area contributed by atoms with Crippen LogP contribution in [-0.4, -0.2) is 20.5 Å². The van der Waals surface area contributed by atoms with E-state index in [2.05, 4.69) is 9.97 Å². The molecular weight excluding hydrogens is 254 g/mol. The van der Waals surface area contributed by atoms with Crippen LogP contribution in [0.4, 0.5) is 0 Å². The minimum Gasteiger partial charge on any atom is -0.450 e. The number of ether oxygens (including phenoxy) is 1. The zero-order valence-electron chi connectivity index (χ0n) is 12.2. The van der Waals surface area contributed by atoms with Gasteiger partial charge in [-0.25, -0.2) is 9.78 Å². The first kappa shape index (κ1) is 14.2. The maximum atomic E-state index is 12.2. The molecule has 0 bridgehead atoms. The number of hydrogen-bond donors (Lipinski definition) is 0. The molecule has 1 atom stereocenters. The van der Waals surface area contributed by atoms with E-state index in [0.717, 1.165) is 11.4 Å². The highest BCUT2D eigenvalue weighted by Gasteiger charge is 2.25. The van der Waals surface area contributed by atoms with E-state index in [1.165, 1.54) is 6.20 Å². The topological polar surface area (TPSA) is 57.0 Å². The smallest absolute Gasteiger partial charge is 0.340 e. The Labute approximate surface area is 118 Å². The van der Waals surface area contributed by atoms with Gasteiger partial charge in [-0.15, -0.1) is 0 Å². The lowest BCUT2D eigenvalue weighted by Gasteiger charge is -2.21. The first-order chi connectivity index (χ1) is 9.49. The molecule has 0 N–H and O–H groups in total. The van der Waals surface area contributed by atoms with Crippen LogP contribution in [0.1, 0.15) is 41.7 Å². The Balaban J connectivity index is 2.21. The van der Waals surface area contributed by atoms with Crippen LogP contribution in [0.2, 0.25) is 0 Å². The van der Waals surface area contributed by atoms with Crippen LogP contribution in [0.3, 0.4) is 0 Å². The lowest BCUT2D eigenvalue weighted by molar-refractivity contribution is 0.0141. The second kappa shape index (κ2) is 5.86. The Morgan fingerprint density at radius 3 is 2.65 bits per heavy atom. The van der Waals surface area contributed by atoms with Crippen molar-refractivity contribution in [2.45, 2.75) is 26.9 Å². The van der Waals surface area contributed by atoms with Crippen molar-refractivity contribution >= 4 is 5.97 Å². The molecule has 5 nitrogen and oxygen atoms in total. The molecule has 0 unspecified atom stereocenters. The number of rotatable bonds is 4. The van der Waals surface area contributed by atoms with Crippen molar-refractivity contribution in [1.82, 2.24) is 14.5 Å². The van der Waals surface area contributed by atoms with Crippen LogP contribution < -0.4 is 0 Å². The molecule has 0 spiro atoms. The van der Waals surface area contributed by atoms with Gasteiger partial charge in [0.05, 0.1) is 5.56 Å². The van der Waals surface area contributed by atoms with Crippen LogP contribution in [0.5, 0.6) is 0 Å². The van der Waals surface area contributed by atoms with Gasteiger partial charge in [-0.2, -0.15) is 0 Å². The quantitative estimate of drug-likeness (QED) is 0.804. The van der Waals surface area contributed by atoms with E-state index >= 15 is 0 Å². The average molecular weight is 273 g/mol. The fourth-order valence-electron chi connectivity index (χ4n) is 1.99. The molecule has 0 aromatic carbocycles. The van der Waals surface area contributed by atoms with Crippen molar-refractivity contribution in [3.8, 4) is 0 Å². The fourth-order valence-corrected chi connectivity index (χ4v) is 1.99. The second-order valence-electron chi connectivity index (χ2n) is 5.22. The molecule has 0 saturated carbocycles. The van der Waals surface area contributed by atoms with Gasteiger partial charge in [-0.3, -0.25) is 4.98 Å². The number of carbonyl (C=O) groups excluding carboxylic acids is 1. The molecule has 2 heterocycles. The first-order valence-corrected chi connectivity index (χ1v) is 6.59. The summed E-state index contributed by atoms with van der Waals surface area (Å²) in [6.45, 7) is 5.89. The van der Waals surface area contributed by atoms with Crippen LogP contribution >= 0.6 is 0 Å². The molecule has 0 aliphatic rings. The summed E-state index contributed by atoms with van der Waals surface area (Å²) < 4.78 is 7.48. The van der Waals surface area contributed by atoms with Gasteiger partial charge in [0.2, 0.25) is 0 Å². The third-order valence-corrected chi connectivity index (χ3v) is 3.06. The number of nitrogens with zero attached hydrogens (tertiary/aromatic N) is 3. The third kappa shape index (κ3) is 3.04. The van der Waals surface area contributed by atoms with Crippen LogP contribution in [0.15, 0.2) is 30.9 Å². The van der Waals surface area contributed by atoms with E-state index in [0.29, 0.717) is 5.56 Å². The highest BCUT2D eigenvalue weighted by molar-refractivity contribution is 5.89. The predicted molar refractivity (Wildman–Crippen MR) is 75.2 cm³/mol. The van der Waals surface area contributed by atoms with Crippen LogP contribution in [0.25, 0.3) is 0 Å². The normalized spacial score (nSPS) is 12.4. The number of pyridine rings is 1. The SMILES string of the molecule is Cc1cncc(C(=O)O[C@H](c2nccn2C)C(C)C)c1. The van der Waals surface area contributed by atoms with Gasteiger partial charge >= 0.3 is 5.97 Å². The van der Waals surface area contributed by atoms with Gasteiger partial charge in [0.25, 0.3) is 0 Å².